The summed E-state index contributed by atoms with van der Waals surface area (Å²) in [5.41, 5.74) is 1.04. The molecule has 0 aromatic carbocycles. The van der Waals surface area contributed by atoms with Crippen LogP contribution in [0.15, 0.2) is 20.5 Å². The molecule has 0 aromatic rings. The highest BCUT2D eigenvalue weighted by atomic mass is 32.2. The van der Waals surface area contributed by atoms with Crippen LogP contribution >= 0.6 is 23.5 Å². The zero-order valence-corrected chi connectivity index (χ0v) is 14.2. The van der Waals surface area contributed by atoms with E-state index >= 15 is 0 Å². The van der Waals surface area contributed by atoms with Crippen molar-refractivity contribution in [2.24, 2.45) is 15.9 Å². The third-order valence-electron chi connectivity index (χ3n) is 3.36. The Labute approximate surface area is 137 Å². The van der Waals surface area contributed by atoms with E-state index in [0.717, 1.165) is 15.5 Å². The summed E-state index contributed by atoms with van der Waals surface area (Å²) in [6.07, 6.45) is 1.06. The largest absolute Gasteiger partial charge is 0.395 e. The van der Waals surface area contributed by atoms with Crippen molar-refractivity contribution < 1.29 is 14.7 Å². The fourth-order valence-corrected chi connectivity index (χ4v) is 4.05. The number of nitrogens with zero attached hydrogens (tertiary/aromatic N) is 2. The molecule has 0 aromatic heterocycles. The number of rotatable bonds is 6. The number of hydrogen-bond donors (Lipinski definition) is 2. The van der Waals surface area contributed by atoms with E-state index in [2.05, 4.69) is 15.3 Å². The van der Waals surface area contributed by atoms with Crippen molar-refractivity contribution in [3.8, 4) is 0 Å². The number of allylic oxidation sites excluding steroid dienone is 1. The van der Waals surface area contributed by atoms with Crippen LogP contribution in [0.3, 0.4) is 0 Å². The zero-order chi connectivity index (χ0) is 16.1. The third kappa shape index (κ3) is 4.21. The molecule has 0 saturated carbocycles. The lowest BCUT2D eigenvalue weighted by Gasteiger charge is -2.14. The average molecular weight is 341 g/mol. The van der Waals surface area contributed by atoms with Crippen LogP contribution in [0.2, 0.25) is 0 Å². The van der Waals surface area contributed by atoms with Gasteiger partial charge in [-0.2, -0.15) is 4.99 Å². The van der Waals surface area contributed by atoms with Crippen molar-refractivity contribution in [2.45, 2.75) is 26.7 Å². The molecule has 2 heterocycles. The number of aliphatic hydroxyl groups excluding tert-OH is 1. The number of thioether (sulfide) groups is 2. The number of carbonyl (C=O) groups excluding carboxylic acids is 2. The van der Waals surface area contributed by atoms with Gasteiger partial charge in [-0.05, 0) is 30.7 Å². The fraction of sp³-hybridized carbons (Fsp3) is 0.571. The van der Waals surface area contributed by atoms with Crippen LogP contribution in [0, 0.1) is 5.92 Å². The number of aliphatic hydroxyl groups is 1. The Morgan fingerprint density at radius 3 is 2.91 bits per heavy atom. The summed E-state index contributed by atoms with van der Waals surface area (Å²) in [4.78, 5) is 33.1. The van der Waals surface area contributed by atoms with Crippen LogP contribution in [0.5, 0.6) is 0 Å². The maximum atomic E-state index is 12.1. The molecule has 0 spiro atoms. The van der Waals surface area contributed by atoms with E-state index in [9.17, 15) is 9.59 Å². The van der Waals surface area contributed by atoms with Gasteiger partial charge in [0.25, 0.3) is 5.91 Å². The topological polar surface area (TPSA) is 91.1 Å². The van der Waals surface area contributed by atoms with Gasteiger partial charge in [-0.15, -0.1) is 0 Å². The van der Waals surface area contributed by atoms with Gasteiger partial charge in [-0.3, -0.25) is 9.59 Å². The van der Waals surface area contributed by atoms with Crippen LogP contribution in [-0.2, 0) is 9.59 Å². The first-order chi connectivity index (χ1) is 10.5. The maximum Gasteiger partial charge on any atom is 0.262 e. The van der Waals surface area contributed by atoms with Crippen LogP contribution in [-0.4, -0.2) is 46.0 Å². The predicted octanol–water partition coefficient (Wildman–Crippen LogP) is 1.56. The fourth-order valence-electron chi connectivity index (χ4n) is 2.09. The number of aliphatic imine (C=N–C) groups is 2. The average Bonchev–Trinajstić information content (AvgIpc) is 2.76. The Hall–Kier alpha value is -1.12. The first kappa shape index (κ1) is 17.2. The molecule has 22 heavy (non-hydrogen) atoms. The molecule has 1 atom stereocenters. The number of amidine groups is 1. The number of nitrogens with one attached hydrogen (secondary N) is 1. The molecule has 2 aliphatic heterocycles. The number of amides is 2. The molecular weight excluding hydrogens is 322 g/mol. The smallest absolute Gasteiger partial charge is 0.262 e. The molecule has 0 radical (unpaired) electrons. The molecule has 2 rings (SSSR count). The highest BCUT2D eigenvalue weighted by Crippen LogP contribution is 2.40. The number of carbonyl (C=O) groups is 2. The Balaban J connectivity index is 1.79. The highest BCUT2D eigenvalue weighted by Gasteiger charge is 2.36. The molecule has 2 amide bonds. The number of hydrogen-bond acceptors (Lipinski definition) is 6. The molecule has 2 N–H and O–H groups in total. The van der Waals surface area contributed by atoms with E-state index in [-0.39, 0.29) is 30.9 Å². The van der Waals surface area contributed by atoms with Gasteiger partial charge < -0.3 is 10.4 Å². The summed E-state index contributed by atoms with van der Waals surface area (Å²) in [6.45, 7) is 4.17. The van der Waals surface area contributed by atoms with Crippen molar-refractivity contribution in [2.75, 3.05) is 18.9 Å². The van der Waals surface area contributed by atoms with Gasteiger partial charge in [0.15, 0.2) is 5.17 Å². The summed E-state index contributed by atoms with van der Waals surface area (Å²) in [7, 11) is 0. The Kier molecular flexibility index (Phi) is 6.22. The van der Waals surface area contributed by atoms with Crippen molar-refractivity contribution in [3.63, 3.8) is 0 Å². The lowest BCUT2D eigenvalue weighted by molar-refractivity contribution is -0.121. The number of fused-ring (bicyclic) bond motifs is 1. The molecule has 1 unspecified atom stereocenters. The Morgan fingerprint density at radius 2 is 2.18 bits per heavy atom. The Bertz CT molecular complexity index is 570. The van der Waals surface area contributed by atoms with Gasteiger partial charge in [0.2, 0.25) is 5.91 Å². The van der Waals surface area contributed by atoms with Gasteiger partial charge >= 0.3 is 0 Å². The van der Waals surface area contributed by atoms with Gasteiger partial charge in [0.05, 0.1) is 11.7 Å². The van der Waals surface area contributed by atoms with Gasteiger partial charge in [0, 0.05) is 18.7 Å². The predicted molar refractivity (Wildman–Crippen MR) is 91.1 cm³/mol. The SMILES string of the molecule is CC1=C(C)C2C(=O)N=C(SCCCC(=O)NCCO)N=C2S1. The quantitative estimate of drug-likeness (QED) is 0.716. The van der Waals surface area contributed by atoms with E-state index < -0.39 is 0 Å². The van der Waals surface area contributed by atoms with Gasteiger partial charge in [-0.1, -0.05) is 23.5 Å². The Morgan fingerprint density at radius 1 is 1.41 bits per heavy atom. The molecule has 2 aliphatic rings. The molecule has 8 heteroatoms. The lowest BCUT2D eigenvalue weighted by Crippen LogP contribution is -2.26. The van der Waals surface area contributed by atoms with E-state index in [1.807, 2.05) is 13.8 Å². The minimum absolute atomic E-state index is 0.0530. The summed E-state index contributed by atoms with van der Waals surface area (Å²) >= 11 is 2.94. The first-order valence-electron chi connectivity index (χ1n) is 7.09. The highest BCUT2D eigenvalue weighted by molar-refractivity contribution is 8.18. The zero-order valence-electron chi connectivity index (χ0n) is 12.6. The van der Waals surface area contributed by atoms with Crippen molar-refractivity contribution >= 4 is 45.5 Å². The molecule has 0 fully saturated rings. The minimum atomic E-state index is -0.279. The van der Waals surface area contributed by atoms with Crippen LogP contribution < -0.4 is 5.32 Å². The molecule has 6 nitrogen and oxygen atoms in total. The van der Waals surface area contributed by atoms with Crippen molar-refractivity contribution in [1.82, 2.24) is 5.32 Å². The van der Waals surface area contributed by atoms with Crippen molar-refractivity contribution in [1.29, 1.82) is 0 Å². The monoisotopic (exact) mass is 341 g/mol. The van der Waals surface area contributed by atoms with Gasteiger partial charge in [0.1, 0.15) is 5.92 Å². The maximum absolute atomic E-state index is 12.1. The van der Waals surface area contributed by atoms with Crippen LogP contribution in [0.4, 0.5) is 0 Å². The lowest BCUT2D eigenvalue weighted by atomic mass is 10.0. The second-order valence-corrected chi connectivity index (χ2v) is 7.28. The minimum Gasteiger partial charge on any atom is -0.395 e. The van der Waals surface area contributed by atoms with E-state index in [4.69, 9.17) is 5.11 Å². The molecule has 0 bridgehead atoms. The second-order valence-electron chi connectivity index (χ2n) is 4.98. The summed E-state index contributed by atoms with van der Waals surface area (Å²) in [5, 5.41) is 12.5. The van der Waals surface area contributed by atoms with E-state index in [0.29, 0.717) is 23.8 Å². The van der Waals surface area contributed by atoms with Gasteiger partial charge in [-0.25, -0.2) is 4.99 Å². The first-order valence-corrected chi connectivity index (χ1v) is 8.90. The van der Waals surface area contributed by atoms with Crippen LogP contribution in [0.1, 0.15) is 26.7 Å². The summed E-state index contributed by atoms with van der Waals surface area (Å²) < 4.78 is 0. The summed E-state index contributed by atoms with van der Waals surface area (Å²) in [6, 6.07) is 0. The molecule has 0 saturated heterocycles. The van der Waals surface area contributed by atoms with E-state index in [1.54, 1.807) is 11.8 Å². The van der Waals surface area contributed by atoms with E-state index in [1.165, 1.54) is 11.8 Å². The molecule has 0 aliphatic carbocycles. The normalized spacial score (nSPS) is 20.7. The third-order valence-corrected chi connectivity index (χ3v) is 5.46. The van der Waals surface area contributed by atoms with Crippen LogP contribution in [0.25, 0.3) is 0 Å². The second kappa shape index (κ2) is 7.94. The molecular formula is C14H19N3O3S2. The van der Waals surface area contributed by atoms with Crippen molar-refractivity contribution in [3.05, 3.63) is 10.5 Å². The standard InChI is InChI=1S/C14H19N3O3S2/c1-8-9(2)22-13-11(8)12(20)16-14(17-13)21-7-3-4-10(19)15-5-6-18/h11,18H,3-7H2,1-2H3,(H,15,19). The summed E-state index contributed by atoms with van der Waals surface area (Å²) in [5.74, 6) is 0.175. The molecule has 120 valence electrons.